The van der Waals surface area contributed by atoms with Crippen molar-refractivity contribution in [1.82, 2.24) is 20.5 Å². The number of hydrogen-bond donors (Lipinski definition) is 2. The Morgan fingerprint density at radius 1 is 1.28 bits per heavy atom. The van der Waals surface area contributed by atoms with E-state index in [0.717, 1.165) is 69.3 Å². The highest BCUT2D eigenvalue weighted by atomic mass is 127. The van der Waals surface area contributed by atoms with Crippen LogP contribution in [-0.2, 0) is 17.6 Å². The van der Waals surface area contributed by atoms with Crippen LogP contribution in [0.2, 0.25) is 0 Å². The van der Waals surface area contributed by atoms with Gasteiger partial charge in [-0.2, -0.15) is 0 Å². The number of halogens is 1. The van der Waals surface area contributed by atoms with Crippen molar-refractivity contribution in [2.45, 2.75) is 71.3 Å². The second kappa shape index (κ2) is 12.7. The monoisotopic (exact) mass is 533 g/mol. The van der Waals surface area contributed by atoms with E-state index in [2.05, 4.69) is 34.4 Å². The zero-order chi connectivity index (χ0) is 19.8. The lowest BCUT2D eigenvalue weighted by Crippen LogP contribution is -2.45. The number of rotatable bonds is 7. The van der Waals surface area contributed by atoms with Gasteiger partial charge >= 0.3 is 0 Å². The maximum absolute atomic E-state index is 12.8. The zero-order valence-corrected chi connectivity index (χ0v) is 20.9. The molecule has 2 N–H and O–H groups in total. The standard InChI is InChI=1S/C21H35N5OS.HI/c1-3-18-14-24-19(28-18)10-12-23-21(22-4-2)25-17-11-13-26(15-17)20(27)16-8-6-5-7-9-16;/h14,16-17H,3-13,15H2,1-2H3,(H2,22,23,25);1H. The molecule has 2 fully saturated rings. The predicted molar refractivity (Wildman–Crippen MR) is 131 cm³/mol. The maximum atomic E-state index is 12.8. The van der Waals surface area contributed by atoms with Crippen LogP contribution < -0.4 is 10.6 Å². The molecule has 6 nitrogen and oxygen atoms in total. The molecule has 3 rings (SSSR count). The molecule has 0 radical (unpaired) electrons. The van der Waals surface area contributed by atoms with Crippen LogP contribution in [0.4, 0.5) is 0 Å². The van der Waals surface area contributed by atoms with Crippen molar-refractivity contribution in [3.05, 3.63) is 16.1 Å². The Balaban J connectivity index is 0.00000300. The number of amides is 1. The summed E-state index contributed by atoms with van der Waals surface area (Å²) in [5, 5.41) is 8.03. The Hall–Kier alpha value is -0.900. The normalized spacial score (nSPS) is 20.4. The minimum Gasteiger partial charge on any atom is -0.357 e. The Kier molecular flexibility index (Phi) is 10.7. The van der Waals surface area contributed by atoms with Crippen molar-refractivity contribution in [1.29, 1.82) is 0 Å². The smallest absolute Gasteiger partial charge is 0.225 e. The lowest BCUT2D eigenvalue weighted by atomic mass is 9.88. The van der Waals surface area contributed by atoms with Crippen LogP contribution >= 0.6 is 35.3 Å². The SMILES string of the molecule is CCNC(=NCCc1ncc(CC)s1)NC1CCN(C(=O)C2CCCCC2)C1.I. The quantitative estimate of drug-likeness (QED) is 0.319. The Morgan fingerprint density at radius 2 is 2.07 bits per heavy atom. The van der Waals surface area contributed by atoms with Gasteiger partial charge < -0.3 is 15.5 Å². The third kappa shape index (κ3) is 7.38. The fraction of sp³-hybridized carbons (Fsp3) is 0.762. The summed E-state index contributed by atoms with van der Waals surface area (Å²) in [6, 6.07) is 0.289. The van der Waals surface area contributed by atoms with E-state index in [-0.39, 0.29) is 35.9 Å². The number of aryl methyl sites for hydroxylation is 1. The van der Waals surface area contributed by atoms with E-state index >= 15 is 0 Å². The highest BCUT2D eigenvalue weighted by molar-refractivity contribution is 14.0. The Labute approximate surface area is 196 Å². The van der Waals surface area contributed by atoms with Gasteiger partial charge in [0, 0.05) is 55.6 Å². The molecule has 0 aromatic carbocycles. The lowest BCUT2D eigenvalue weighted by Gasteiger charge is -2.26. The number of guanidine groups is 1. The van der Waals surface area contributed by atoms with Crippen LogP contribution in [0.3, 0.4) is 0 Å². The van der Waals surface area contributed by atoms with E-state index < -0.39 is 0 Å². The van der Waals surface area contributed by atoms with Crippen molar-refractivity contribution in [2.24, 2.45) is 10.9 Å². The van der Waals surface area contributed by atoms with Gasteiger partial charge in [0.25, 0.3) is 0 Å². The van der Waals surface area contributed by atoms with Gasteiger partial charge in [0.1, 0.15) is 0 Å². The van der Waals surface area contributed by atoms with Crippen molar-refractivity contribution < 1.29 is 4.79 Å². The van der Waals surface area contributed by atoms with Crippen molar-refractivity contribution in [3.8, 4) is 0 Å². The van der Waals surface area contributed by atoms with E-state index in [1.807, 2.05) is 6.20 Å². The van der Waals surface area contributed by atoms with E-state index in [1.54, 1.807) is 11.3 Å². The first kappa shape index (κ1) is 24.4. The van der Waals surface area contributed by atoms with Gasteiger partial charge in [0.05, 0.1) is 5.01 Å². The molecule has 1 aliphatic carbocycles. The van der Waals surface area contributed by atoms with Gasteiger partial charge in [-0.05, 0) is 32.6 Å². The van der Waals surface area contributed by atoms with Gasteiger partial charge in [-0.1, -0.05) is 26.2 Å². The van der Waals surface area contributed by atoms with Gasteiger partial charge in [-0.15, -0.1) is 35.3 Å². The molecule has 1 amide bonds. The number of likely N-dealkylation sites (tertiary alicyclic amines) is 1. The van der Waals surface area contributed by atoms with Crippen LogP contribution in [0, 0.1) is 5.92 Å². The molecule has 1 aromatic rings. The highest BCUT2D eigenvalue weighted by Crippen LogP contribution is 2.26. The first-order chi connectivity index (χ1) is 13.7. The molecular formula is C21H36IN5OS. The minimum atomic E-state index is 0. The molecule has 1 aromatic heterocycles. The van der Waals surface area contributed by atoms with Crippen molar-refractivity contribution in [2.75, 3.05) is 26.2 Å². The summed E-state index contributed by atoms with van der Waals surface area (Å²) < 4.78 is 0. The zero-order valence-electron chi connectivity index (χ0n) is 17.8. The number of hydrogen-bond acceptors (Lipinski definition) is 4. The van der Waals surface area contributed by atoms with Crippen LogP contribution in [0.1, 0.15) is 62.3 Å². The number of carbonyl (C=O) groups is 1. The molecule has 0 spiro atoms. The summed E-state index contributed by atoms with van der Waals surface area (Å²) in [7, 11) is 0. The van der Waals surface area contributed by atoms with Gasteiger partial charge in [-0.3, -0.25) is 9.79 Å². The molecule has 164 valence electrons. The topological polar surface area (TPSA) is 69.6 Å². The number of aliphatic imine (C=N–C) groups is 1. The highest BCUT2D eigenvalue weighted by Gasteiger charge is 2.31. The fourth-order valence-corrected chi connectivity index (χ4v) is 4.94. The number of carbonyl (C=O) groups excluding carboxylic acids is 1. The fourth-order valence-electron chi connectivity index (χ4n) is 4.09. The van der Waals surface area contributed by atoms with Crippen LogP contribution in [0.25, 0.3) is 0 Å². The van der Waals surface area contributed by atoms with E-state index in [1.165, 1.54) is 24.1 Å². The number of nitrogens with zero attached hydrogens (tertiary/aromatic N) is 3. The molecule has 2 heterocycles. The summed E-state index contributed by atoms with van der Waals surface area (Å²) in [6.07, 6.45) is 10.8. The first-order valence-electron chi connectivity index (χ1n) is 11.0. The molecule has 1 saturated carbocycles. The molecule has 1 aliphatic heterocycles. The van der Waals surface area contributed by atoms with Crippen LogP contribution in [0.15, 0.2) is 11.2 Å². The predicted octanol–water partition coefficient (Wildman–Crippen LogP) is 3.60. The second-order valence-electron chi connectivity index (χ2n) is 7.83. The molecular weight excluding hydrogens is 497 g/mol. The van der Waals surface area contributed by atoms with E-state index in [9.17, 15) is 4.79 Å². The summed E-state index contributed by atoms with van der Waals surface area (Å²) in [5.74, 6) is 1.49. The molecule has 0 bridgehead atoms. The summed E-state index contributed by atoms with van der Waals surface area (Å²) in [6.45, 7) is 7.47. The van der Waals surface area contributed by atoms with Crippen LogP contribution in [0.5, 0.6) is 0 Å². The molecule has 1 atom stereocenters. The first-order valence-corrected chi connectivity index (χ1v) is 11.8. The van der Waals surface area contributed by atoms with E-state index in [0.29, 0.717) is 5.91 Å². The Morgan fingerprint density at radius 3 is 2.76 bits per heavy atom. The summed E-state index contributed by atoms with van der Waals surface area (Å²) in [4.78, 5) is 25.4. The van der Waals surface area contributed by atoms with Gasteiger partial charge in [0.15, 0.2) is 5.96 Å². The molecule has 2 aliphatic rings. The second-order valence-corrected chi connectivity index (χ2v) is 9.03. The van der Waals surface area contributed by atoms with E-state index in [4.69, 9.17) is 4.99 Å². The molecule has 8 heteroatoms. The molecule has 1 saturated heterocycles. The summed E-state index contributed by atoms with van der Waals surface area (Å²) >= 11 is 1.78. The maximum Gasteiger partial charge on any atom is 0.225 e. The third-order valence-corrected chi connectivity index (χ3v) is 6.89. The molecule has 1 unspecified atom stereocenters. The van der Waals surface area contributed by atoms with Crippen LogP contribution in [-0.4, -0.2) is 54.0 Å². The largest absolute Gasteiger partial charge is 0.357 e. The minimum absolute atomic E-state index is 0. The van der Waals surface area contributed by atoms with Gasteiger partial charge in [0.2, 0.25) is 5.91 Å². The van der Waals surface area contributed by atoms with Gasteiger partial charge in [-0.25, -0.2) is 4.98 Å². The number of nitrogens with one attached hydrogen (secondary N) is 2. The average Bonchev–Trinajstić information content (AvgIpc) is 3.38. The molecule has 29 heavy (non-hydrogen) atoms. The lowest BCUT2D eigenvalue weighted by molar-refractivity contribution is -0.135. The number of aromatic nitrogens is 1. The summed E-state index contributed by atoms with van der Waals surface area (Å²) in [5.41, 5.74) is 0. The van der Waals surface area contributed by atoms with Crippen molar-refractivity contribution >= 4 is 47.2 Å². The Bertz CT molecular complexity index is 659. The third-order valence-electron chi connectivity index (χ3n) is 5.68. The van der Waals surface area contributed by atoms with Crippen molar-refractivity contribution in [3.63, 3.8) is 0 Å². The average molecular weight is 534 g/mol. The number of thiazole rings is 1.